The Bertz CT molecular complexity index is 840. The lowest BCUT2D eigenvalue weighted by Crippen LogP contribution is -2.23. The number of aliphatic hydroxyl groups is 2. The van der Waals surface area contributed by atoms with Crippen LogP contribution in [-0.4, -0.2) is 37.1 Å². The smallest absolute Gasteiger partial charge is 0.182 e. The number of aliphatic hydroxyl groups excluding tert-OH is 2. The molecule has 2 aromatic carbocycles. The van der Waals surface area contributed by atoms with Gasteiger partial charge in [-0.2, -0.15) is 0 Å². The van der Waals surface area contributed by atoms with Crippen LogP contribution in [0.1, 0.15) is 24.0 Å². The highest BCUT2D eigenvalue weighted by Crippen LogP contribution is 2.63. The van der Waals surface area contributed by atoms with Crippen LogP contribution in [-0.2, 0) is 16.3 Å². The van der Waals surface area contributed by atoms with Gasteiger partial charge in [0.15, 0.2) is 9.84 Å². The van der Waals surface area contributed by atoms with Gasteiger partial charge in [0.25, 0.3) is 0 Å². The van der Waals surface area contributed by atoms with Crippen LogP contribution < -0.4 is 0 Å². The first-order valence-corrected chi connectivity index (χ1v) is 10.1. The molecular formula is C19H21ClO4S. The van der Waals surface area contributed by atoms with Crippen molar-refractivity contribution in [2.75, 3.05) is 13.2 Å². The fraction of sp³-hybridized carbons (Fsp3) is 0.368. The van der Waals surface area contributed by atoms with Crippen molar-refractivity contribution in [1.82, 2.24) is 0 Å². The van der Waals surface area contributed by atoms with Gasteiger partial charge in [-0.15, -0.1) is 0 Å². The van der Waals surface area contributed by atoms with Crippen molar-refractivity contribution >= 4 is 21.4 Å². The summed E-state index contributed by atoms with van der Waals surface area (Å²) < 4.78 is 26.2. The number of hydrogen-bond donors (Lipinski definition) is 2. The molecule has 1 aliphatic carbocycles. The third-order valence-corrected chi connectivity index (χ3v) is 7.78. The van der Waals surface area contributed by atoms with E-state index < -0.39 is 26.4 Å². The van der Waals surface area contributed by atoms with E-state index in [2.05, 4.69) is 0 Å². The topological polar surface area (TPSA) is 74.6 Å². The van der Waals surface area contributed by atoms with Gasteiger partial charge in [0.05, 0.1) is 23.4 Å². The van der Waals surface area contributed by atoms with Gasteiger partial charge in [-0.3, -0.25) is 0 Å². The monoisotopic (exact) mass is 380 g/mol. The maximum Gasteiger partial charge on any atom is 0.182 e. The fourth-order valence-corrected chi connectivity index (χ4v) is 6.16. The first-order valence-electron chi connectivity index (χ1n) is 8.20. The minimum absolute atomic E-state index is 0.154. The number of benzene rings is 2. The van der Waals surface area contributed by atoms with Crippen LogP contribution in [0.4, 0.5) is 0 Å². The molecule has 0 heterocycles. The number of hydrogen-bond acceptors (Lipinski definition) is 4. The Morgan fingerprint density at radius 2 is 1.56 bits per heavy atom. The van der Waals surface area contributed by atoms with Crippen LogP contribution in [0.5, 0.6) is 0 Å². The molecule has 4 nitrogen and oxygen atoms in total. The summed E-state index contributed by atoms with van der Waals surface area (Å²) in [4.78, 5) is 0.154. The average Bonchev–Trinajstić information content (AvgIpc) is 3.33. The molecule has 1 saturated carbocycles. The molecule has 2 aromatic rings. The van der Waals surface area contributed by atoms with Gasteiger partial charge in [-0.25, -0.2) is 8.42 Å². The normalized spacial score (nSPS) is 21.9. The zero-order chi connectivity index (χ0) is 18.2. The fourth-order valence-electron chi connectivity index (χ4n) is 3.61. The summed E-state index contributed by atoms with van der Waals surface area (Å²) in [6.45, 7) is 1.27. The molecule has 1 aliphatic rings. The molecule has 1 fully saturated rings. The number of rotatable bonds is 6. The molecule has 2 N–H and O–H groups in total. The number of halogens is 1. The number of aryl methyl sites for hydroxylation is 1. The summed E-state index contributed by atoms with van der Waals surface area (Å²) >= 11 is 5.85. The van der Waals surface area contributed by atoms with Crippen LogP contribution in [0.2, 0.25) is 5.02 Å². The zero-order valence-corrected chi connectivity index (χ0v) is 15.5. The van der Waals surface area contributed by atoms with Gasteiger partial charge in [-0.1, -0.05) is 42.8 Å². The van der Waals surface area contributed by atoms with Crippen molar-refractivity contribution in [2.45, 2.75) is 29.4 Å². The molecule has 0 bridgehead atoms. The molecule has 2 atom stereocenters. The van der Waals surface area contributed by atoms with E-state index in [-0.39, 0.29) is 18.1 Å². The summed E-state index contributed by atoms with van der Waals surface area (Å²) in [5.41, 5.74) is 0.912. The molecule has 0 radical (unpaired) electrons. The standard InChI is InChI=1S/C19H21ClO4S/c1-2-13-3-5-14(6-4-13)17-18(19(17,11-21)12-22)25(23,24)16-9-7-15(20)8-10-16/h3-10,17-18,21-22H,2,11-12H2,1H3/t17-,18+/m1/s1. The Labute approximate surface area is 153 Å². The van der Waals surface area contributed by atoms with Crippen LogP contribution in [0.3, 0.4) is 0 Å². The number of sulfone groups is 1. The van der Waals surface area contributed by atoms with E-state index in [0.717, 1.165) is 17.5 Å². The van der Waals surface area contributed by atoms with E-state index in [1.54, 1.807) is 0 Å². The largest absolute Gasteiger partial charge is 0.396 e. The summed E-state index contributed by atoms with van der Waals surface area (Å²) in [7, 11) is -3.71. The quantitative estimate of drug-likeness (QED) is 0.808. The first-order chi connectivity index (χ1) is 11.9. The average molecular weight is 381 g/mol. The minimum Gasteiger partial charge on any atom is -0.396 e. The Hall–Kier alpha value is -1.40. The second kappa shape index (κ2) is 6.72. The predicted molar refractivity (Wildman–Crippen MR) is 97.6 cm³/mol. The van der Waals surface area contributed by atoms with E-state index in [9.17, 15) is 18.6 Å². The van der Waals surface area contributed by atoms with Crippen molar-refractivity contribution in [1.29, 1.82) is 0 Å². The lowest BCUT2D eigenvalue weighted by atomic mass is 9.99. The summed E-state index contributed by atoms with van der Waals surface area (Å²) in [6.07, 6.45) is 0.891. The van der Waals surface area contributed by atoms with Crippen molar-refractivity contribution in [3.8, 4) is 0 Å². The molecule has 0 saturated heterocycles. The van der Waals surface area contributed by atoms with Crippen molar-refractivity contribution in [2.24, 2.45) is 5.41 Å². The van der Waals surface area contributed by atoms with E-state index in [1.807, 2.05) is 31.2 Å². The Kier molecular flexibility index (Phi) is 4.95. The van der Waals surface area contributed by atoms with Gasteiger partial charge in [0.2, 0.25) is 0 Å². The summed E-state index contributed by atoms with van der Waals surface area (Å²) in [5, 5.41) is 19.3. The molecule has 0 spiro atoms. The second-order valence-electron chi connectivity index (χ2n) is 6.54. The second-order valence-corrected chi connectivity index (χ2v) is 9.05. The lowest BCUT2D eigenvalue weighted by molar-refractivity contribution is 0.130. The van der Waals surface area contributed by atoms with Gasteiger partial charge < -0.3 is 10.2 Å². The van der Waals surface area contributed by atoms with Gasteiger partial charge in [0.1, 0.15) is 0 Å². The SMILES string of the molecule is CCc1ccc([C@@H]2[C@H](S(=O)(=O)c3ccc(Cl)cc3)C2(CO)CO)cc1. The van der Waals surface area contributed by atoms with Crippen molar-refractivity contribution in [3.63, 3.8) is 0 Å². The van der Waals surface area contributed by atoms with Gasteiger partial charge >= 0.3 is 0 Å². The molecular weight excluding hydrogens is 360 g/mol. The maximum atomic E-state index is 13.1. The molecule has 0 unspecified atom stereocenters. The molecule has 3 rings (SSSR count). The zero-order valence-electron chi connectivity index (χ0n) is 13.9. The highest BCUT2D eigenvalue weighted by atomic mass is 35.5. The first kappa shape index (κ1) is 18.4. The van der Waals surface area contributed by atoms with E-state index in [4.69, 9.17) is 11.6 Å². The van der Waals surface area contributed by atoms with Crippen LogP contribution in [0, 0.1) is 5.41 Å². The maximum absolute atomic E-state index is 13.1. The van der Waals surface area contributed by atoms with E-state index in [1.165, 1.54) is 24.3 Å². The molecule has 0 amide bonds. The molecule has 6 heteroatoms. The van der Waals surface area contributed by atoms with Crippen LogP contribution >= 0.6 is 11.6 Å². The third kappa shape index (κ3) is 2.99. The van der Waals surface area contributed by atoms with Gasteiger partial charge in [0, 0.05) is 16.4 Å². The summed E-state index contributed by atoms with van der Waals surface area (Å²) in [5.74, 6) is -0.436. The molecule has 25 heavy (non-hydrogen) atoms. The van der Waals surface area contributed by atoms with Crippen molar-refractivity contribution in [3.05, 3.63) is 64.7 Å². The van der Waals surface area contributed by atoms with Crippen LogP contribution in [0.15, 0.2) is 53.4 Å². The lowest BCUT2D eigenvalue weighted by Gasteiger charge is -2.11. The third-order valence-electron chi connectivity index (χ3n) is 5.19. The van der Waals surface area contributed by atoms with E-state index in [0.29, 0.717) is 5.02 Å². The van der Waals surface area contributed by atoms with Crippen molar-refractivity contribution < 1.29 is 18.6 Å². The Morgan fingerprint density at radius 1 is 1.00 bits per heavy atom. The Morgan fingerprint density at radius 3 is 2.04 bits per heavy atom. The van der Waals surface area contributed by atoms with Gasteiger partial charge in [-0.05, 0) is 41.8 Å². The molecule has 134 valence electrons. The predicted octanol–water partition coefficient (Wildman–Crippen LogP) is 2.81. The molecule has 0 aliphatic heterocycles. The van der Waals surface area contributed by atoms with Crippen LogP contribution in [0.25, 0.3) is 0 Å². The highest BCUT2D eigenvalue weighted by molar-refractivity contribution is 7.92. The molecule has 0 aromatic heterocycles. The highest BCUT2D eigenvalue weighted by Gasteiger charge is 2.70. The minimum atomic E-state index is -3.71. The van der Waals surface area contributed by atoms with E-state index >= 15 is 0 Å². The Balaban J connectivity index is 2.02. The summed E-state index contributed by atoms with van der Waals surface area (Å²) in [6, 6.07) is 13.7.